The number of amides is 1. The summed E-state index contributed by atoms with van der Waals surface area (Å²) in [6.07, 6.45) is 0.331. The molecule has 1 aromatic carbocycles. The molecule has 0 fully saturated rings. The maximum Gasteiger partial charge on any atom is 0.243 e. The monoisotopic (exact) mass is 235 g/mol. The number of hydroxylamine groups is 1. The fourth-order valence-electron chi connectivity index (χ4n) is 1.45. The van der Waals surface area contributed by atoms with Crippen LogP contribution >= 0.6 is 0 Å². The highest BCUT2D eigenvalue weighted by Crippen LogP contribution is 2.12. The highest BCUT2D eigenvalue weighted by Gasteiger charge is 2.09. The second-order valence-electron chi connectivity index (χ2n) is 3.95. The average Bonchev–Trinajstić information content (AvgIpc) is 2.30. The predicted molar refractivity (Wildman–Crippen MR) is 64.6 cm³/mol. The van der Waals surface area contributed by atoms with Crippen molar-refractivity contribution in [2.75, 3.05) is 7.11 Å². The topological polar surface area (TPSA) is 55.4 Å². The van der Waals surface area contributed by atoms with Gasteiger partial charge in [-0.3, -0.25) is 14.4 Å². The molecule has 1 N–H and O–H groups in total. The van der Waals surface area contributed by atoms with Crippen molar-refractivity contribution in [2.45, 2.75) is 26.7 Å². The van der Waals surface area contributed by atoms with Crippen LogP contribution in [0, 0.1) is 13.8 Å². The van der Waals surface area contributed by atoms with Gasteiger partial charge in [0.25, 0.3) is 0 Å². The van der Waals surface area contributed by atoms with E-state index in [-0.39, 0.29) is 24.5 Å². The number of hydrogen-bond acceptors (Lipinski definition) is 3. The van der Waals surface area contributed by atoms with Crippen LogP contribution in [-0.4, -0.2) is 18.8 Å². The molecule has 1 aromatic rings. The van der Waals surface area contributed by atoms with Gasteiger partial charge in [-0.25, -0.2) is 5.48 Å². The molecule has 0 unspecified atom stereocenters. The Morgan fingerprint density at radius 2 is 1.88 bits per heavy atom. The van der Waals surface area contributed by atoms with E-state index in [1.165, 1.54) is 7.11 Å². The molecule has 0 heterocycles. The number of hydrogen-bond donors (Lipinski definition) is 1. The molecule has 4 nitrogen and oxygen atoms in total. The molecule has 0 saturated carbocycles. The summed E-state index contributed by atoms with van der Waals surface area (Å²) >= 11 is 0. The summed E-state index contributed by atoms with van der Waals surface area (Å²) < 4.78 is 0. The molecule has 0 aliphatic heterocycles. The number of carbonyl (C=O) groups excluding carboxylic acids is 2. The van der Waals surface area contributed by atoms with E-state index in [0.717, 1.165) is 11.1 Å². The van der Waals surface area contributed by atoms with Gasteiger partial charge in [-0.1, -0.05) is 12.1 Å². The molecule has 0 spiro atoms. The van der Waals surface area contributed by atoms with Crippen LogP contribution in [0.4, 0.5) is 0 Å². The van der Waals surface area contributed by atoms with E-state index in [1.807, 2.05) is 26.0 Å². The molecule has 0 bridgehead atoms. The largest absolute Gasteiger partial charge is 0.294 e. The van der Waals surface area contributed by atoms with Gasteiger partial charge < -0.3 is 0 Å². The standard InChI is InChI=1S/C13H17NO3/c1-9-4-5-11(8-10(9)2)12(15)6-7-13(16)14-17-3/h4-5,8H,6-7H2,1-3H3,(H,14,16). The second kappa shape index (κ2) is 6.15. The first-order valence-electron chi connectivity index (χ1n) is 5.47. The molecule has 0 atom stereocenters. The fraction of sp³-hybridized carbons (Fsp3) is 0.385. The van der Waals surface area contributed by atoms with Gasteiger partial charge >= 0.3 is 0 Å². The smallest absolute Gasteiger partial charge is 0.243 e. The Morgan fingerprint density at radius 1 is 1.18 bits per heavy atom. The maximum atomic E-state index is 11.8. The van der Waals surface area contributed by atoms with Crippen molar-refractivity contribution >= 4 is 11.7 Å². The molecule has 1 rings (SSSR count). The first-order chi connectivity index (χ1) is 8.04. The lowest BCUT2D eigenvalue weighted by Gasteiger charge is -2.04. The van der Waals surface area contributed by atoms with E-state index >= 15 is 0 Å². The van der Waals surface area contributed by atoms with Gasteiger partial charge in [0.15, 0.2) is 5.78 Å². The van der Waals surface area contributed by atoms with E-state index in [4.69, 9.17) is 0 Å². The molecule has 0 aromatic heterocycles. The number of carbonyl (C=O) groups is 2. The fourth-order valence-corrected chi connectivity index (χ4v) is 1.45. The summed E-state index contributed by atoms with van der Waals surface area (Å²) in [5.74, 6) is -0.316. The lowest BCUT2D eigenvalue weighted by Crippen LogP contribution is -2.22. The van der Waals surface area contributed by atoms with Crippen LogP contribution in [-0.2, 0) is 9.63 Å². The van der Waals surface area contributed by atoms with Crippen molar-refractivity contribution < 1.29 is 14.4 Å². The predicted octanol–water partition coefficient (Wildman–Crippen LogP) is 1.94. The van der Waals surface area contributed by atoms with E-state index in [0.29, 0.717) is 5.56 Å². The number of rotatable bonds is 5. The summed E-state index contributed by atoms with van der Waals surface area (Å²) in [7, 11) is 1.36. The maximum absolute atomic E-state index is 11.8. The molecular weight excluding hydrogens is 218 g/mol. The van der Waals surface area contributed by atoms with Crippen molar-refractivity contribution in [3.8, 4) is 0 Å². The van der Waals surface area contributed by atoms with Crippen molar-refractivity contribution in [1.82, 2.24) is 5.48 Å². The SMILES string of the molecule is CONC(=O)CCC(=O)c1ccc(C)c(C)c1. The van der Waals surface area contributed by atoms with Gasteiger partial charge in [-0.05, 0) is 31.0 Å². The van der Waals surface area contributed by atoms with Crippen LogP contribution in [0.1, 0.15) is 34.3 Å². The number of Topliss-reactive ketones (excluding diaryl/α,β-unsaturated/α-hetero) is 1. The minimum Gasteiger partial charge on any atom is -0.294 e. The van der Waals surface area contributed by atoms with Crippen LogP contribution in [0.15, 0.2) is 18.2 Å². The summed E-state index contributed by atoms with van der Waals surface area (Å²) in [4.78, 5) is 27.4. The molecule has 0 aliphatic rings. The molecular formula is C13H17NO3. The zero-order chi connectivity index (χ0) is 12.8. The zero-order valence-corrected chi connectivity index (χ0v) is 10.4. The van der Waals surface area contributed by atoms with Gasteiger partial charge in [0.05, 0.1) is 7.11 Å². The normalized spacial score (nSPS) is 10.1. The minimum atomic E-state index is -0.287. The third kappa shape index (κ3) is 4.00. The molecule has 17 heavy (non-hydrogen) atoms. The highest BCUT2D eigenvalue weighted by molar-refractivity contribution is 5.98. The molecule has 0 saturated heterocycles. The quantitative estimate of drug-likeness (QED) is 0.627. The highest BCUT2D eigenvalue weighted by atomic mass is 16.6. The second-order valence-corrected chi connectivity index (χ2v) is 3.95. The summed E-state index contributed by atoms with van der Waals surface area (Å²) in [5, 5.41) is 0. The van der Waals surface area contributed by atoms with Gasteiger partial charge in [-0.15, -0.1) is 0 Å². The average molecular weight is 235 g/mol. The number of nitrogens with one attached hydrogen (secondary N) is 1. The van der Waals surface area contributed by atoms with E-state index < -0.39 is 0 Å². The van der Waals surface area contributed by atoms with E-state index in [9.17, 15) is 9.59 Å². The van der Waals surface area contributed by atoms with E-state index in [2.05, 4.69) is 10.3 Å². The summed E-state index contributed by atoms with van der Waals surface area (Å²) in [6, 6.07) is 5.56. The van der Waals surface area contributed by atoms with Gasteiger partial charge in [0.1, 0.15) is 0 Å². The van der Waals surface area contributed by atoms with Crippen molar-refractivity contribution in [2.24, 2.45) is 0 Å². The molecule has 4 heteroatoms. The molecule has 0 radical (unpaired) electrons. The van der Waals surface area contributed by atoms with Crippen LogP contribution < -0.4 is 5.48 Å². The van der Waals surface area contributed by atoms with Crippen LogP contribution in [0.5, 0.6) is 0 Å². The van der Waals surface area contributed by atoms with Crippen LogP contribution in [0.25, 0.3) is 0 Å². The first-order valence-corrected chi connectivity index (χ1v) is 5.47. The summed E-state index contributed by atoms with van der Waals surface area (Å²) in [5.41, 5.74) is 5.07. The van der Waals surface area contributed by atoms with Gasteiger partial charge in [0, 0.05) is 18.4 Å². The Balaban J connectivity index is 2.58. The Labute approximate surface area is 101 Å². The first kappa shape index (κ1) is 13.4. The Hall–Kier alpha value is -1.68. The molecule has 1 amide bonds. The minimum absolute atomic E-state index is 0.0284. The van der Waals surface area contributed by atoms with Crippen molar-refractivity contribution in [1.29, 1.82) is 0 Å². The van der Waals surface area contributed by atoms with E-state index in [1.54, 1.807) is 6.07 Å². The van der Waals surface area contributed by atoms with Crippen molar-refractivity contribution in [3.05, 3.63) is 34.9 Å². The number of aryl methyl sites for hydroxylation is 2. The van der Waals surface area contributed by atoms with Crippen LogP contribution in [0.3, 0.4) is 0 Å². The lowest BCUT2D eigenvalue weighted by molar-refractivity contribution is -0.131. The Kier molecular flexibility index (Phi) is 4.84. The number of ketones is 1. The third-order valence-corrected chi connectivity index (χ3v) is 2.62. The number of benzene rings is 1. The van der Waals surface area contributed by atoms with Gasteiger partial charge in [-0.2, -0.15) is 0 Å². The third-order valence-electron chi connectivity index (χ3n) is 2.62. The lowest BCUT2D eigenvalue weighted by atomic mass is 10.0. The molecule has 92 valence electrons. The van der Waals surface area contributed by atoms with Crippen LogP contribution in [0.2, 0.25) is 0 Å². The molecule has 0 aliphatic carbocycles. The van der Waals surface area contributed by atoms with Crippen molar-refractivity contribution in [3.63, 3.8) is 0 Å². The Bertz CT molecular complexity index is 427. The van der Waals surface area contributed by atoms with Gasteiger partial charge in [0.2, 0.25) is 5.91 Å². The summed E-state index contributed by atoms with van der Waals surface area (Å²) in [6.45, 7) is 3.96. The Morgan fingerprint density at radius 3 is 2.47 bits per heavy atom. The zero-order valence-electron chi connectivity index (χ0n) is 10.4.